The van der Waals surface area contributed by atoms with Gasteiger partial charge >= 0.3 is 5.69 Å². The maximum Gasteiger partial charge on any atom is 0.350 e. The summed E-state index contributed by atoms with van der Waals surface area (Å²) in [5.74, 6) is 4.73. The Labute approximate surface area is 144 Å². The van der Waals surface area contributed by atoms with Crippen molar-refractivity contribution >= 4 is 16.6 Å². The second-order valence-corrected chi connectivity index (χ2v) is 6.96. The standard InChI is InChI=1S/C17H24FN5O2/c1-5-22-14-8-10(13(19)6-9(2)17(3,4)20)12(18)7-11(14)15(24)23(21)16(22)25/h7-9,19H,5-6,20-21H2,1-4H3/t9-/m1/s1. The van der Waals surface area contributed by atoms with Gasteiger partial charge in [0.2, 0.25) is 0 Å². The van der Waals surface area contributed by atoms with Crippen molar-refractivity contribution in [3.05, 3.63) is 44.4 Å². The maximum atomic E-state index is 14.5. The summed E-state index contributed by atoms with van der Waals surface area (Å²) in [6, 6.07) is 2.41. The molecular weight excluding hydrogens is 325 g/mol. The van der Waals surface area contributed by atoms with Crippen LogP contribution in [0.4, 0.5) is 4.39 Å². The molecule has 0 fully saturated rings. The third-order valence-corrected chi connectivity index (χ3v) is 4.68. The Kier molecular flexibility index (Phi) is 4.85. The molecule has 25 heavy (non-hydrogen) atoms. The molecule has 1 aromatic heterocycles. The van der Waals surface area contributed by atoms with Gasteiger partial charge in [0.1, 0.15) is 5.82 Å². The van der Waals surface area contributed by atoms with E-state index < -0.39 is 22.6 Å². The van der Waals surface area contributed by atoms with Crippen molar-refractivity contribution in [1.82, 2.24) is 9.24 Å². The fraction of sp³-hybridized carbons (Fsp3) is 0.471. The Morgan fingerprint density at radius 3 is 2.48 bits per heavy atom. The van der Waals surface area contributed by atoms with E-state index in [0.29, 0.717) is 4.68 Å². The highest BCUT2D eigenvalue weighted by Crippen LogP contribution is 2.22. The van der Waals surface area contributed by atoms with Crippen LogP contribution in [-0.4, -0.2) is 20.5 Å². The number of fused-ring (bicyclic) bond motifs is 1. The van der Waals surface area contributed by atoms with E-state index in [1.807, 2.05) is 20.8 Å². The Balaban J connectivity index is 2.66. The summed E-state index contributed by atoms with van der Waals surface area (Å²) in [6.07, 6.45) is 0.274. The number of nitrogen functional groups attached to an aromatic ring is 1. The molecule has 5 N–H and O–H groups in total. The number of aromatic nitrogens is 2. The number of halogens is 1. The zero-order chi connectivity index (χ0) is 19.1. The van der Waals surface area contributed by atoms with Gasteiger partial charge in [-0.3, -0.25) is 9.36 Å². The smallest absolute Gasteiger partial charge is 0.332 e. The molecule has 0 saturated carbocycles. The fourth-order valence-electron chi connectivity index (χ4n) is 2.62. The van der Waals surface area contributed by atoms with Crippen LogP contribution in [0.5, 0.6) is 0 Å². The highest BCUT2D eigenvalue weighted by molar-refractivity contribution is 6.01. The molecule has 0 spiro atoms. The molecule has 7 nitrogen and oxygen atoms in total. The SMILES string of the molecule is CCn1c(=O)n(N)c(=O)c2cc(F)c(C(=N)C[C@@H](C)C(C)(C)N)cc21. The average Bonchev–Trinajstić information content (AvgIpc) is 2.52. The van der Waals surface area contributed by atoms with Crippen LogP contribution >= 0.6 is 0 Å². The molecular formula is C17H24FN5O2. The van der Waals surface area contributed by atoms with Crippen LogP contribution in [0.25, 0.3) is 10.9 Å². The Morgan fingerprint density at radius 1 is 1.36 bits per heavy atom. The number of nitrogens with one attached hydrogen (secondary N) is 1. The minimum Gasteiger partial charge on any atom is -0.332 e. The summed E-state index contributed by atoms with van der Waals surface area (Å²) < 4.78 is 16.3. The van der Waals surface area contributed by atoms with E-state index in [0.717, 1.165) is 6.07 Å². The van der Waals surface area contributed by atoms with Crippen molar-refractivity contribution in [3.8, 4) is 0 Å². The molecule has 136 valence electrons. The highest BCUT2D eigenvalue weighted by Gasteiger charge is 2.24. The molecule has 8 heteroatoms. The summed E-state index contributed by atoms with van der Waals surface area (Å²) in [7, 11) is 0. The van der Waals surface area contributed by atoms with E-state index in [1.165, 1.54) is 10.6 Å². The van der Waals surface area contributed by atoms with E-state index in [1.54, 1.807) is 6.92 Å². The predicted molar refractivity (Wildman–Crippen MR) is 97.1 cm³/mol. The lowest BCUT2D eigenvalue weighted by Gasteiger charge is -2.27. The average molecular weight is 349 g/mol. The van der Waals surface area contributed by atoms with Gasteiger partial charge in [-0.2, -0.15) is 4.68 Å². The number of nitrogens with two attached hydrogens (primary N) is 2. The molecule has 0 aliphatic rings. The van der Waals surface area contributed by atoms with E-state index in [-0.39, 0.29) is 41.1 Å². The third kappa shape index (κ3) is 3.34. The quantitative estimate of drug-likeness (QED) is 0.554. The molecule has 0 bridgehead atoms. The Bertz CT molecular complexity index is 953. The number of aryl methyl sites for hydroxylation is 1. The molecule has 2 rings (SSSR count). The molecule has 0 aliphatic heterocycles. The summed E-state index contributed by atoms with van der Waals surface area (Å²) in [4.78, 5) is 24.3. The number of benzene rings is 1. The topological polar surface area (TPSA) is 120 Å². The molecule has 0 amide bonds. The molecule has 0 saturated heterocycles. The van der Waals surface area contributed by atoms with Crippen LogP contribution in [0.1, 0.15) is 39.7 Å². The van der Waals surface area contributed by atoms with Crippen molar-refractivity contribution in [2.75, 3.05) is 5.84 Å². The number of hydrogen-bond acceptors (Lipinski definition) is 5. The van der Waals surface area contributed by atoms with E-state index >= 15 is 0 Å². The van der Waals surface area contributed by atoms with Crippen molar-refractivity contribution in [2.45, 2.75) is 46.2 Å². The van der Waals surface area contributed by atoms with E-state index in [9.17, 15) is 14.0 Å². The van der Waals surface area contributed by atoms with Crippen LogP contribution in [-0.2, 0) is 6.54 Å². The normalized spacial score (nSPS) is 13.2. The van der Waals surface area contributed by atoms with Gasteiger partial charge in [-0.1, -0.05) is 6.92 Å². The molecule has 1 aromatic carbocycles. The Morgan fingerprint density at radius 2 is 1.96 bits per heavy atom. The number of hydrogen-bond donors (Lipinski definition) is 3. The van der Waals surface area contributed by atoms with Crippen LogP contribution in [0, 0.1) is 17.1 Å². The van der Waals surface area contributed by atoms with Crippen molar-refractivity contribution in [3.63, 3.8) is 0 Å². The summed E-state index contributed by atoms with van der Waals surface area (Å²) in [5, 5.41) is 8.25. The van der Waals surface area contributed by atoms with Gasteiger partial charge in [0, 0.05) is 23.4 Å². The minimum atomic E-state index is -0.766. The molecule has 2 aromatic rings. The van der Waals surface area contributed by atoms with Gasteiger partial charge < -0.3 is 17.0 Å². The zero-order valence-corrected chi connectivity index (χ0v) is 14.9. The first-order chi connectivity index (χ1) is 11.5. The van der Waals surface area contributed by atoms with Gasteiger partial charge in [0.15, 0.2) is 0 Å². The van der Waals surface area contributed by atoms with Crippen molar-refractivity contribution in [1.29, 1.82) is 5.41 Å². The first-order valence-corrected chi connectivity index (χ1v) is 8.09. The third-order valence-electron chi connectivity index (χ3n) is 4.68. The van der Waals surface area contributed by atoms with Gasteiger partial charge in [0.25, 0.3) is 5.56 Å². The fourth-order valence-corrected chi connectivity index (χ4v) is 2.62. The summed E-state index contributed by atoms with van der Waals surface area (Å²) in [5.41, 5.74) is 4.47. The predicted octanol–water partition coefficient (Wildman–Crippen LogP) is 1.17. The first-order valence-electron chi connectivity index (χ1n) is 8.09. The van der Waals surface area contributed by atoms with Crippen molar-refractivity contribution < 1.29 is 4.39 Å². The van der Waals surface area contributed by atoms with Gasteiger partial charge in [0.05, 0.1) is 10.9 Å². The van der Waals surface area contributed by atoms with E-state index in [4.69, 9.17) is 17.0 Å². The van der Waals surface area contributed by atoms with Gasteiger partial charge in [-0.25, -0.2) is 9.18 Å². The van der Waals surface area contributed by atoms with E-state index in [2.05, 4.69) is 0 Å². The lowest BCUT2D eigenvalue weighted by atomic mass is 9.84. The molecule has 0 aliphatic carbocycles. The number of nitrogens with zero attached hydrogens (tertiary/aromatic N) is 2. The minimum absolute atomic E-state index is 0.00482. The second-order valence-electron chi connectivity index (χ2n) is 6.96. The van der Waals surface area contributed by atoms with Crippen LogP contribution in [0.3, 0.4) is 0 Å². The summed E-state index contributed by atoms with van der Waals surface area (Å²) >= 11 is 0. The van der Waals surface area contributed by atoms with Gasteiger partial charge in [-0.05, 0) is 45.2 Å². The van der Waals surface area contributed by atoms with Gasteiger partial charge in [-0.15, -0.1) is 0 Å². The van der Waals surface area contributed by atoms with Crippen LogP contribution in [0.15, 0.2) is 21.7 Å². The lowest BCUT2D eigenvalue weighted by Crippen LogP contribution is -2.44. The monoisotopic (exact) mass is 349 g/mol. The zero-order valence-electron chi connectivity index (χ0n) is 14.9. The second kappa shape index (κ2) is 6.44. The first kappa shape index (κ1) is 18.9. The molecule has 1 heterocycles. The molecule has 0 unspecified atom stereocenters. The largest absolute Gasteiger partial charge is 0.350 e. The summed E-state index contributed by atoms with van der Waals surface area (Å²) in [6.45, 7) is 7.57. The number of rotatable bonds is 5. The highest BCUT2D eigenvalue weighted by atomic mass is 19.1. The lowest BCUT2D eigenvalue weighted by molar-refractivity contribution is 0.355. The maximum absolute atomic E-state index is 14.5. The molecule has 1 atom stereocenters. The van der Waals surface area contributed by atoms with Crippen LogP contribution < -0.4 is 22.8 Å². The molecule has 0 radical (unpaired) electrons. The van der Waals surface area contributed by atoms with Crippen molar-refractivity contribution in [2.24, 2.45) is 11.7 Å². The Hall–Kier alpha value is -2.48. The van der Waals surface area contributed by atoms with Crippen LogP contribution in [0.2, 0.25) is 0 Å².